The summed E-state index contributed by atoms with van der Waals surface area (Å²) in [6, 6.07) is 0. The number of rotatable bonds is 11. The van der Waals surface area contributed by atoms with Gasteiger partial charge in [-0.05, 0) is 58.5 Å². The van der Waals surface area contributed by atoms with Crippen LogP contribution in [0.3, 0.4) is 0 Å². The highest BCUT2D eigenvalue weighted by molar-refractivity contribution is 5.79. The Bertz CT molecular complexity index is 291. The minimum atomic E-state index is -0.860. The lowest BCUT2D eigenvalue weighted by Crippen LogP contribution is -2.45. The van der Waals surface area contributed by atoms with Crippen LogP contribution < -0.4 is 5.73 Å². The number of nitrogens with two attached hydrogens (primary N) is 1. The number of likely N-dealkylation sites (N-methyl/N-ethyl adjacent to an activating group) is 1. The molecule has 20 heavy (non-hydrogen) atoms. The number of esters is 1. The monoisotopic (exact) mass is 286 g/mol. The van der Waals surface area contributed by atoms with Gasteiger partial charge in [-0.2, -0.15) is 0 Å². The Morgan fingerprint density at radius 2 is 2.05 bits per heavy atom. The first-order valence-corrected chi connectivity index (χ1v) is 7.59. The second kappa shape index (κ2) is 8.60. The van der Waals surface area contributed by atoms with E-state index >= 15 is 0 Å². The second-order valence-electron chi connectivity index (χ2n) is 6.19. The lowest BCUT2D eigenvalue weighted by Gasteiger charge is -2.22. The number of hydrogen-bond acceptors (Lipinski definition) is 5. The molecule has 5 nitrogen and oxygen atoms in total. The van der Waals surface area contributed by atoms with Crippen LogP contribution in [0, 0.1) is 5.92 Å². The number of hydrogen-bond donors (Lipinski definition) is 1. The van der Waals surface area contributed by atoms with Crippen LogP contribution in [-0.4, -0.2) is 56.9 Å². The fourth-order valence-corrected chi connectivity index (χ4v) is 2.08. The third-order valence-corrected chi connectivity index (χ3v) is 3.81. The summed E-state index contributed by atoms with van der Waals surface area (Å²) >= 11 is 0. The van der Waals surface area contributed by atoms with E-state index in [4.69, 9.17) is 15.2 Å². The van der Waals surface area contributed by atoms with Crippen molar-refractivity contribution in [3.8, 4) is 0 Å². The minimum absolute atomic E-state index is 0.334. The van der Waals surface area contributed by atoms with Crippen molar-refractivity contribution in [2.24, 2.45) is 11.7 Å². The molecule has 0 aromatic heterocycles. The number of carbonyl (C=O) groups excluding carboxylic acids is 1. The third kappa shape index (κ3) is 7.22. The minimum Gasteiger partial charge on any atom is -0.468 e. The smallest absolute Gasteiger partial charge is 0.325 e. The molecule has 5 heteroatoms. The number of nitrogens with zero attached hydrogens (tertiary/aromatic N) is 1. The molecule has 0 heterocycles. The highest BCUT2D eigenvalue weighted by atomic mass is 16.5. The summed E-state index contributed by atoms with van der Waals surface area (Å²) in [5.41, 5.74) is 5.05. The summed E-state index contributed by atoms with van der Waals surface area (Å²) in [5, 5.41) is 0. The van der Waals surface area contributed by atoms with E-state index in [-0.39, 0.29) is 5.97 Å². The molecule has 0 amide bonds. The van der Waals surface area contributed by atoms with Crippen molar-refractivity contribution in [1.82, 2.24) is 4.90 Å². The standard InChI is InChI=1S/C15H30N2O3/c1-15(16,14(18)19-3)8-4-5-9-17(2)10-11-20-12-13-6-7-13/h13H,4-12,16H2,1-3H3. The maximum absolute atomic E-state index is 11.4. The Balaban J connectivity index is 1.97. The van der Waals surface area contributed by atoms with E-state index < -0.39 is 5.54 Å². The van der Waals surface area contributed by atoms with Crippen LogP contribution in [-0.2, 0) is 14.3 Å². The first-order chi connectivity index (χ1) is 9.45. The average molecular weight is 286 g/mol. The van der Waals surface area contributed by atoms with Gasteiger partial charge in [-0.15, -0.1) is 0 Å². The van der Waals surface area contributed by atoms with Crippen molar-refractivity contribution in [3.05, 3.63) is 0 Å². The summed E-state index contributed by atoms with van der Waals surface area (Å²) in [7, 11) is 3.48. The molecule has 2 N–H and O–H groups in total. The molecule has 118 valence electrons. The molecule has 1 unspecified atom stereocenters. The molecule has 1 atom stereocenters. The van der Waals surface area contributed by atoms with E-state index in [1.807, 2.05) is 0 Å². The lowest BCUT2D eigenvalue weighted by molar-refractivity contribution is -0.146. The maximum atomic E-state index is 11.4. The summed E-state index contributed by atoms with van der Waals surface area (Å²) in [4.78, 5) is 13.7. The summed E-state index contributed by atoms with van der Waals surface area (Å²) in [6.07, 6.45) is 5.30. The van der Waals surface area contributed by atoms with Crippen LogP contribution in [0.1, 0.15) is 39.0 Å². The molecule has 1 saturated carbocycles. The van der Waals surface area contributed by atoms with Gasteiger partial charge in [-0.3, -0.25) is 4.79 Å². The highest BCUT2D eigenvalue weighted by Gasteiger charge is 2.28. The largest absolute Gasteiger partial charge is 0.468 e. The Morgan fingerprint density at radius 3 is 2.65 bits per heavy atom. The van der Waals surface area contributed by atoms with Gasteiger partial charge in [0.15, 0.2) is 0 Å². The predicted molar refractivity (Wildman–Crippen MR) is 79.5 cm³/mol. The SMILES string of the molecule is COC(=O)C(C)(N)CCCCN(C)CCOCC1CC1. The molecule has 0 spiro atoms. The zero-order chi connectivity index (χ0) is 15.0. The third-order valence-electron chi connectivity index (χ3n) is 3.81. The van der Waals surface area contributed by atoms with Crippen molar-refractivity contribution in [2.45, 2.75) is 44.6 Å². The Morgan fingerprint density at radius 1 is 1.35 bits per heavy atom. The molecule has 0 aliphatic heterocycles. The summed E-state index contributed by atoms with van der Waals surface area (Å²) in [5.74, 6) is 0.500. The molecule has 1 aliphatic carbocycles. The summed E-state index contributed by atoms with van der Waals surface area (Å²) < 4.78 is 10.3. The van der Waals surface area contributed by atoms with E-state index in [0.717, 1.165) is 45.1 Å². The molecular formula is C15H30N2O3. The van der Waals surface area contributed by atoms with Crippen molar-refractivity contribution in [1.29, 1.82) is 0 Å². The van der Waals surface area contributed by atoms with Gasteiger partial charge in [0, 0.05) is 13.2 Å². The predicted octanol–water partition coefficient (Wildman–Crippen LogP) is 1.41. The normalized spacial score (nSPS) is 18.1. The van der Waals surface area contributed by atoms with Gasteiger partial charge >= 0.3 is 5.97 Å². The first-order valence-electron chi connectivity index (χ1n) is 7.59. The van der Waals surface area contributed by atoms with Gasteiger partial charge in [0.2, 0.25) is 0 Å². The average Bonchev–Trinajstić information content (AvgIpc) is 3.23. The summed E-state index contributed by atoms with van der Waals surface area (Å²) in [6.45, 7) is 5.43. The van der Waals surface area contributed by atoms with Gasteiger partial charge in [-0.1, -0.05) is 0 Å². The molecule has 1 fully saturated rings. The Labute approximate surface area is 122 Å². The van der Waals surface area contributed by atoms with Gasteiger partial charge in [0.05, 0.1) is 13.7 Å². The highest BCUT2D eigenvalue weighted by Crippen LogP contribution is 2.28. The van der Waals surface area contributed by atoms with Crippen LogP contribution in [0.25, 0.3) is 0 Å². The number of methoxy groups -OCH3 is 1. The van der Waals surface area contributed by atoms with Crippen LogP contribution in [0.5, 0.6) is 0 Å². The fourth-order valence-electron chi connectivity index (χ4n) is 2.08. The molecule has 1 aliphatic rings. The molecule has 0 aromatic rings. The van der Waals surface area contributed by atoms with Crippen LogP contribution in [0.4, 0.5) is 0 Å². The number of unbranched alkanes of at least 4 members (excludes halogenated alkanes) is 1. The molecule has 0 bridgehead atoms. The lowest BCUT2D eigenvalue weighted by atomic mass is 9.96. The van der Waals surface area contributed by atoms with Gasteiger partial charge in [-0.25, -0.2) is 0 Å². The van der Waals surface area contributed by atoms with E-state index in [2.05, 4.69) is 11.9 Å². The molecule has 0 radical (unpaired) electrons. The Kier molecular flexibility index (Phi) is 7.48. The van der Waals surface area contributed by atoms with Crippen molar-refractivity contribution >= 4 is 5.97 Å². The van der Waals surface area contributed by atoms with E-state index in [9.17, 15) is 4.79 Å². The van der Waals surface area contributed by atoms with E-state index in [1.54, 1.807) is 6.92 Å². The quantitative estimate of drug-likeness (QED) is 0.459. The van der Waals surface area contributed by atoms with Crippen LogP contribution in [0.15, 0.2) is 0 Å². The van der Waals surface area contributed by atoms with Crippen molar-refractivity contribution in [3.63, 3.8) is 0 Å². The Hall–Kier alpha value is -0.650. The zero-order valence-electron chi connectivity index (χ0n) is 13.2. The van der Waals surface area contributed by atoms with Gasteiger partial charge < -0.3 is 20.1 Å². The molecule has 1 rings (SSSR count). The van der Waals surface area contributed by atoms with Crippen LogP contribution >= 0.6 is 0 Å². The van der Waals surface area contributed by atoms with Crippen LogP contribution in [0.2, 0.25) is 0 Å². The first kappa shape index (κ1) is 17.4. The van der Waals surface area contributed by atoms with Crippen molar-refractivity contribution in [2.75, 3.05) is 40.5 Å². The maximum Gasteiger partial charge on any atom is 0.325 e. The second-order valence-corrected chi connectivity index (χ2v) is 6.19. The molecular weight excluding hydrogens is 256 g/mol. The topological polar surface area (TPSA) is 64.8 Å². The van der Waals surface area contributed by atoms with Crippen molar-refractivity contribution < 1.29 is 14.3 Å². The number of ether oxygens (including phenoxy) is 2. The zero-order valence-corrected chi connectivity index (χ0v) is 13.2. The van der Waals surface area contributed by atoms with E-state index in [1.165, 1.54) is 20.0 Å². The van der Waals surface area contributed by atoms with Gasteiger partial charge in [0.1, 0.15) is 5.54 Å². The van der Waals surface area contributed by atoms with Gasteiger partial charge in [0.25, 0.3) is 0 Å². The number of carbonyl (C=O) groups is 1. The van der Waals surface area contributed by atoms with E-state index in [0.29, 0.717) is 6.42 Å². The fraction of sp³-hybridized carbons (Fsp3) is 0.933. The molecule has 0 saturated heterocycles. The molecule has 0 aromatic carbocycles.